The van der Waals surface area contributed by atoms with E-state index in [0.717, 1.165) is 21.9 Å². The number of rotatable bonds is 6. The third-order valence-corrected chi connectivity index (χ3v) is 4.65. The Balaban J connectivity index is 1.61. The first-order valence-electron chi connectivity index (χ1n) is 8.13. The van der Waals surface area contributed by atoms with Gasteiger partial charge in [0.05, 0.1) is 24.4 Å². The first kappa shape index (κ1) is 18.4. The van der Waals surface area contributed by atoms with E-state index in [1.54, 1.807) is 31.4 Å². The van der Waals surface area contributed by atoms with Crippen LogP contribution in [0, 0.1) is 18.3 Å². The largest absolute Gasteiger partial charge is 0.497 e. The highest BCUT2D eigenvalue weighted by Crippen LogP contribution is 2.31. The predicted octanol–water partition coefficient (Wildman–Crippen LogP) is 4.02. The molecule has 0 aliphatic heterocycles. The second-order valence-corrected chi connectivity index (χ2v) is 6.83. The third kappa shape index (κ3) is 4.63. The van der Waals surface area contributed by atoms with Crippen LogP contribution in [-0.2, 0) is 4.79 Å². The molecule has 3 rings (SSSR count). The van der Waals surface area contributed by atoms with Crippen molar-refractivity contribution < 1.29 is 14.3 Å². The van der Waals surface area contributed by atoms with Crippen LogP contribution >= 0.6 is 11.3 Å². The maximum absolute atomic E-state index is 12.1. The van der Waals surface area contributed by atoms with E-state index < -0.39 is 0 Å². The van der Waals surface area contributed by atoms with Gasteiger partial charge in [0, 0.05) is 10.4 Å². The molecule has 0 aliphatic rings. The average molecular weight is 379 g/mol. The molecule has 0 fully saturated rings. The number of nitrogens with zero attached hydrogens (tertiary/aromatic N) is 2. The van der Waals surface area contributed by atoms with Crippen LogP contribution in [0.5, 0.6) is 11.5 Å². The summed E-state index contributed by atoms with van der Waals surface area (Å²) in [6.07, 6.45) is 0. The summed E-state index contributed by atoms with van der Waals surface area (Å²) in [6, 6.07) is 16.2. The number of nitriles is 1. The van der Waals surface area contributed by atoms with Gasteiger partial charge in [-0.1, -0.05) is 0 Å². The van der Waals surface area contributed by atoms with Gasteiger partial charge in [0.25, 0.3) is 5.91 Å². The molecular formula is C20H17N3O3S. The van der Waals surface area contributed by atoms with E-state index >= 15 is 0 Å². The molecule has 7 heteroatoms. The van der Waals surface area contributed by atoms with Crippen molar-refractivity contribution in [2.24, 2.45) is 0 Å². The van der Waals surface area contributed by atoms with Crippen LogP contribution in [-0.4, -0.2) is 24.6 Å². The molecule has 136 valence electrons. The van der Waals surface area contributed by atoms with Crippen molar-refractivity contribution >= 4 is 22.4 Å². The summed E-state index contributed by atoms with van der Waals surface area (Å²) in [4.78, 5) is 17.6. The van der Waals surface area contributed by atoms with E-state index in [1.165, 1.54) is 11.3 Å². The molecule has 0 unspecified atom stereocenters. The van der Waals surface area contributed by atoms with E-state index in [1.807, 2.05) is 37.3 Å². The topological polar surface area (TPSA) is 84.2 Å². The molecular weight excluding hydrogens is 362 g/mol. The lowest BCUT2D eigenvalue weighted by atomic mass is 10.1. The van der Waals surface area contributed by atoms with Gasteiger partial charge in [-0.15, -0.1) is 11.3 Å². The fraction of sp³-hybridized carbons (Fsp3) is 0.150. The van der Waals surface area contributed by atoms with E-state index in [9.17, 15) is 4.79 Å². The number of hydrogen-bond donors (Lipinski definition) is 1. The fourth-order valence-electron chi connectivity index (χ4n) is 2.40. The maximum atomic E-state index is 12.1. The molecule has 0 saturated carbocycles. The molecule has 0 spiro atoms. The Morgan fingerprint density at radius 1 is 1.15 bits per heavy atom. The molecule has 6 nitrogen and oxygen atoms in total. The highest BCUT2D eigenvalue weighted by atomic mass is 32.1. The number of carbonyl (C=O) groups is 1. The first-order chi connectivity index (χ1) is 13.1. The van der Waals surface area contributed by atoms with Crippen LogP contribution in [0.4, 0.5) is 5.13 Å². The van der Waals surface area contributed by atoms with Gasteiger partial charge in [-0.25, -0.2) is 4.98 Å². The van der Waals surface area contributed by atoms with Gasteiger partial charge in [0.15, 0.2) is 11.7 Å². The van der Waals surface area contributed by atoms with Crippen molar-refractivity contribution in [3.05, 3.63) is 59.0 Å². The Bertz CT molecular complexity index is 973. The van der Waals surface area contributed by atoms with Gasteiger partial charge in [0.1, 0.15) is 11.5 Å². The van der Waals surface area contributed by atoms with E-state index in [0.29, 0.717) is 16.4 Å². The molecule has 0 bridgehead atoms. The molecule has 0 radical (unpaired) electrons. The molecule has 0 atom stereocenters. The lowest BCUT2D eigenvalue weighted by molar-refractivity contribution is -0.118. The summed E-state index contributed by atoms with van der Waals surface area (Å²) < 4.78 is 10.6. The summed E-state index contributed by atoms with van der Waals surface area (Å²) in [7, 11) is 1.62. The van der Waals surface area contributed by atoms with Gasteiger partial charge in [0.2, 0.25) is 0 Å². The quantitative estimate of drug-likeness (QED) is 0.699. The molecule has 0 aliphatic carbocycles. The molecule has 1 aromatic heterocycles. The van der Waals surface area contributed by atoms with Crippen LogP contribution in [0.1, 0.15) is 10.4 Å². The standard InChI is InChI=1S/C20H17N3O3S/c1-13-19(15-5-9-16(25-2)10-6-15)23-20(27-13)22-18(24)12-26-17-7-3-14(11-21)4-8-17/h3-10H,12H2,1-2H3,(H,22,23,24). The Morgan fingerprint density at radius 2 is 1.81 bits per heavy atom. The Morgan fingerprint density at radius 3 is 2.44 bits per heavy atom. The summed E-state index contributed by atoms with van der Waals surface area (Å²) in [5.41, 5.74) is 2.32. The van der Waals surface area contributed by atoms with E-state index in [-0.39, 0.29) is 12.5 Å². The van der Waals surface area contributed by atoms with Gasteiger partial charge < -0.3 is 9.47 Å². The predicted molar refractivity (Wildman–Crippen MR) is 104 cm³/mol. The summed E-state index contributed by atoms with van der Waals surface area (Å²) >= 11 is 1.41. The number of amides is 1. The number of aromatic nitrogens is 1. The lowest BCUT2D eigenvalue weighted by Gasteiger charge is -2.05. The molecule has 1 N–H and O–H groups in total. The van der Waals surface area contributed by atoms with Gasteiger partial charge in [-0.3, -0.25) is 10.1 Å². The Hall–Kier alpha value is -3.37. The highest BCUT2D eigenvalue weighted by Gasteiger charge is 2.12. The summed E-state index contributed by atoms with van der Waals surface area (Å²) in [5, 5.41) is 12.1. The summed E-state index contributed by atoms with van der Waals surface area (Å²) in [5.74, 6) is 1.01. The zero-order valence-electron chi connectivity index (χ0n) is 14.9. The maximum Gasteiger partial charge on any atom is 0.264 e. The second kappa shape index (κ2) is 8.34. The van der Waals surface area contributed by atoms with Crippen LogP contribution in [0.2, 0.25) is 0 Å². The van der Waals surface area contributed by atoms with Gasteiger partial charge in [-0.2, -0.15) is 5.26 Å². The minimum absolute atomic E-state index is 0.137. The Labute approximate surface area is 161 Å². The molecule has 1 heterocycles. The van der Waals surface area contributed by atoms with Crippen molar-refractivity contribution in [2.75, 3.05) is 19.0 Å². The number of hydrogen-bond acceptors (Lipinski definition) is 6. The number of benzene rings is 2. The number of methoxy groups -OCH3 is 1. The number of ether oxygens (including phenoxy) is 2. The van der Waals surface area contributed by atoms with Crippen molar-refractivity contribution in [3.63, 3.8) is 0 Å². The normalized spacial score (nSPS) is 10.1. The van der Waals surface area contributed by atoms with Crippen molar-refractivity contribution in [1.29, 1.82) is 5.26 Å². The van der Waals surface area contributed by atoms with Crippen LogP contribution < -0.4 is 14.8 Å². The fourth-order valence-corrected chi connectivity index (χ4v) is 3.25. The minimum atomic E-state index is -0.297. The zero-order valence-corrected chi connectivity index (χ0v) is 15.7. The smallest absolute Gasteiger partial charge is 0.264 e. The van der Waals surface area contributed by atoms with E-state index in [4.69, 9.17) is 14.7 Å². The molecule has 0 saturated heterocycles. The second-order valence-electron chi connectivity index (χ2n) is 5.63. The third-order valence-electron chi connectivity index (χ3n) is 3.76. The lowest BCUT2D eigenvalue weighted by Crippen LogP contribution is -2.20. The molecule has 3 aromatic rings. The van der Waals surface area contributed by atoms with Crippen LogP contribution in [0.15, 0.2) is 48.5 Å². The first-order valence-corrected chi connectivity index (χ1v) is 8.95. The number of carbonyl (C=O) groups excluding carboxylic acids is 1. The number of thiazole rings is 1. The van der Waals surface area contributed by atoms with E-state index in [2.05, 4.69) is 10.3 Å². The van der Waals surface area contributed by atoms with Crippen molar-refractivity contribution in [2.45, 2.75) is 6.92 Å². The Kier molecular flexibility index (Phi) is 5.69. The molecule has 27 heavy (non-hydrogen) atoms. The van der Waals surface area contributed by atoms with Gasteiger partial charge >= 0.3 is 0 Å². The van der Waals surface area contributed by atoms with Crippen LogP contribution in [0.25, 0.3) is 11.3 Å². The zero-order chi connectivity index (χ0) is 19.2. The summed E-state index contributed by atoms with van der Waals surface area (Å²) in [6.45, 7) is 1.82. The van der Waals surface area contributed by atoms with Crippen molar-refractivity contribution in [1.82, 2.24) is 4.98 Å². The molecule has 1 amide bonds. The SMILES string of the molecule is COc1ccc(-c2nc(NC(=O)COc3ccc(C#N)cc3)sc2C)cc1. The average Bonchev–Trinajstić information content (AvgIpc) is 3.06. The number of nitrogens with one attached hydrogen (secondary N) is 1. The highest BCUT2D eigenvalue weighted by molar-refractivity contribution is 7.16. The number of anilines is 1. The monoisotopic (exact) mass is 379 g/mol. The minimum Gasteiger partial charge on any atom is -0.497 e. The number of aryl methyl sites for hydroxylation is 1. The molecule has 2 aromatic carbocycles. The van der Waals surface area contributed by atoms with Crippen molar-refractivity contribution in [3.8, 4) is 28.8 Å². The van der Waals surface area contributed by atoms with Crippen LogP contribution in [0.3, 0.4) is 0 Å². The van der Waals surface area contributed by atoms with Gasteiger partial charge in [-0.05, 0) is 55.5 Å².